The van der Waals surface area contributed by atoms with Gasteiger partial charge in [0.1, 0.15) is 0 Å². The topological polar surface area (TPSA) is 47.6 Å². The Kier molecular flexibility index (Phi) is 2.02. The molecule has 70 valence electrons. The maximum absolute atomic E-state index is 11.7. The molecule has 0 saturated carbocycles. The zero-order chi connectivity index (χ0) is 9.31. The van der Waals surface area contributed by atoms with E-state index in [1.54, 1.807) is 12.1 Å². The lowest BCUT2D eigenvalue weighted by Crippen LogP contribution is -2.13. The van der Waals surface area contributed by atoms with Gasteiger partial charge >= 0.3 is 7.75 Å². The van der Waals surface area contributed by atoms with Crippen molar-refractivity contribution in [2.45, 2.75) is 6.92 Å². The van der Waals surface area contributed by atoms with Crippen molar-refractivity contribution >= 4 is 7.75 Å². The summed E-state index contributed by atoms with van der Waals surface area (Å²) in [5.74, 6) is 1.07. The van der Waals surface area contributed by atoms with Gasteiger partial charge in [-0.25, -0.2) is 9.65 Å². The predicted octanol–water partition coefficient (Wildman–Crippen LogP) is 2.18. The molecule has 2 rings (SSSR count). The number of benzene rings is 1. The van der Waals surface area contributed by atoms with Gasteiger partial charge in [0.15, 0.2) is 11.5 Å². The van der Waals surface area contributed by atoms with Crippen molar-refractivity contribution in [2.24, 2.45) is 0 Å². The van der Waals surface area contributed by atoms with Gasteiger partial charge < -0.3 is 9.05 Å². The van der Waals surface area contributed by atoms with Crippen LogP contribution in [0.5, 0.6) is 11.5 Å². The number of hydrogen-bond acceptors (Lipinski definition) is 3. The summed E-state index contributed by atoms with van der Waals surface area (Å²) in [5.41, 5.74) is 0. The Hall–Kier alpha value is -0.990. The van der Waals surface area contributed by atoms with E-state index >= 15 is 0 Å². The van der Waals surface area contributed by atoms with Crippen molar-refractivity contribution in [3.8, 4) is 11.5 Å². The lowest BCUT2D eigenvalue weighted by molar-refractivity contribution is 0.416. The van der Waals surface area contributed by atoms with E-state index in [1.807, 2.05) is 19.1 Å². The summed E-state index contributed by atoms with van der Waals surface area (Å²) in [7, 11) is -3.10. The average molecular weight is 199 g/mol. The first-order valence-electron chi connectivity index (χ1n) is 4.07. The third-order valence-corrected chi connectivity index (χ3v) is 3.22. The second-order valence-electron chi connectivity index (χ2n) is 2.64. The number of para-hydroxylation sites is 2. The number of hydrogen-bond donors (Lipinski definition) is 1. The normalized spacial score (nSPS) is 17.3. The standard InChI is InChI=1S/C8H10NO3P/c1-2-9-13(10)11-7-5-3-4-6-8(7)12-13/h3-6H,2H2,1H3,(H,9,10). The maximum atomic E-state index is 11.7. The van der Waals surface area contributed by atoms with Crippen LogP contribution in [0.4, 0.5) is 0 Å². The fourth-order valence-corrected chi connectivity index (χ4v) is 2.51. The van der Waals surface area contributed by atoms with Gasteiger partial charge in [-0.05, 0) is 12.1 Å². The first kappa shape index (κ1) is 8.60. The first-order valence-corrected chi connectivity index (χ1v) is 5.61. The van der Waals surface area contributed by atoms with E-state index in [2.05, 4.69) is 5.09 Å². The number of nitrogens with one attached hydrogen (secondary N) is 1. The molecule has 0 fully saturated rings. The smallest absolute Gasteiger partial charge is 0.401 e. The monoisotopic (exact) mass is 199 g/mol. The summed E-state index contributed by atoms with van der Waals surface area (Å²) in [4.78, 5) is 0. The lowest BCUT2D eigenvalue weighted by Gasteiger charge is -2.08. The molecule has 0 radical (unpaired) electrons. The minimum Gasteiger partial charge on any atom is -0.401 e. The molecular formula is C8H10NO3P. The van der Waals surface area contributed by atoms with Crippen molar-refractivity contribution in [1.29, 1.82) is 0 Å². The second kappa shape index (κ2) is 3.05. The van der Waals surface area contributed by atoms with Gasteiger partial charge in [0.2, 0.25) is 0 Å². The lowest BCUT2D eigenvalue weighted by atomic mass is 10.3. The van der Waals surface area contributed by atoms with Crippen LogP contribution in [-0.4, -0.2) is 6.54 Å². The molecule has 1 aromatic rings. The van der Waals surface area contributed by atoms with E-state index in [0.29, 0.717) is 18.0 Å². The molecule has 1 N–H and O–H groups in total. The average Bonchev–Trinajstić information content (AvgIpc) is 2.40. The Morgan fingerprint density at radius 2 is 1.85 bits per heavy atom. The Balaban J connectivity index is 2.27. The van der Waals surface area contributed by atoms with Crippen LogP contribution in [0.25, 0.3) is 0 Å². The zero-order valence-corrected chi connectivity index (χ0v) is 8.08. The second-order valence-corrected chi connectivity index (χ2v) is 4.31. The van der Waals surface area contributed by atoms with Gasteiger partial charge in [-0.15, -0.1) is 0 Å². The largest absolute Gasteiger partial charge is 0.513 e. The van der Waals surface area contributed by atoms with Gasteiger partial charge in [0.05, 0.1) is 0 Å². The molecule has 1 aliphatic rings. The summed E-state index contributed by atoms with van der Waals surface area (Å²) in [5, 5.41) is 2.68. The molecule has 0 amide bonds. The van der Waals surface area contributed by atoms with Crippen LogP contribution in [0.1, 0.15) is 6.92 Å². The summed E-state index contributed by atoms with van der Waals surface area (Å²) in [6, 6.07) is 7.08. The van der Waals surface area contributed by atoms with Crippen LogP contribution in [0.3, 0.4) is 0 Å². The minimum absolute atomic E-state index is 0.534. The fourth-order valence-electron chi connectivity index (χ4n) is 1.14. The van der Waals surface area contributed by atoms with E-state index < -0.39 is 7.75 Å². The van der Waals surface area contributed by atoms with Crippen molar-refractivity contribution in [3.63, 3.8) is 0 Å². The van der Waals surface area contributed by atoms with E-state index in [4.69, 9.17) is 9.05 Å². The summed E-state index contributed by atoms with van der Waals surface area (Å²) in [6.45, 7) is 2.39. The molecule has 0 spiro atoms. The van der Waals surface area contributed by atoms with Gasteiger partial charge in [-0.3, -0.25) is 0 Å². The third kappa shape index (κ3) is 1.55. The van der Waals surface area contributed by atoms with Crippen LogP contribution in [-0.2, 0) is 4.57 Å². The van der Waals surface area contributed by atoms with E-state index in [9.17, 15) is 4.57 Å². The SMILES string of the molecule is CCNP1(=O)Oc2ccccc2O1. The highest BCUT2D eigenvalue weighted by molar-refractivity contribution is 7.52. The molecule has 13 heavy (non-hydrogen) atoms. The highest BCUT2D eigenvalue weighted by atomic mass is 31.2. The summed E-state index contributed by atoms with van der Waals surface area (Å²) >= 11 is 0. The molecule has 1 aliphatic heterocycles. The Morgan fingerprint density at radius 3 is 2.31 bits per heavy atom. The van der Waals surface area contributed by atoms with Crippen LogP contribution >= 0.6 is 7.75 Å². The molecule has 0 bridgehead atoms. The molecule has 0 aromatic heterocycles. The van der Waals surface area contributed by atoms with Crippen molar-refractivity contribution in [2.75, 3.05) is 6.54 Å². The predicted molar refractivity (Wildman–Crippen MR) is 49.0 cm³/mol. The Morgan fingerprint density at radius 1 is 1.31 bits per heavy atom. The van der Waals surface area contributed by atoms with Gasteiger partial charge in [0.25, 0.3) is 0 Å². The quantitative estimate of drug-likeness (QED) is 0.741. The molecule has 1 aromatic carbocycles. The molecular weight excluding hydrogens is 189 g/mol. The highest BCUT2D eigenvalue weighted by Gasteiger charge is 2.35. The number of fused-ring (bicyclic) bond motifs is 1. The van der Waals surface area contributed by atoms with Gasteiger partial charge in [-0.2, -0.15) is 0 Å². The molecule has 0 saturated heterocycles. The van der Waals surface area contributed by atoms with Crippen molar-refractivity contribution < 1.29 is 13.6 Å². The molecule has 0 atom stereocenters. The maximum Gasteiger partial charge on any atom is 0.513 e. The fraction of sp³-hybridized carbons (Fsp3) is 0.250. The molecule has 4 nitrogen and oxygen atoms in total. The summed E-state index contributed by atoms with van der Waals surface area (Å²) < 4.78 is 22.0. The first-order chi connectivity index (χ1) is 6.23. The van der Waals surface area contributed by atoms with Crippen LogP contribution in [0.15, 0.2) is 24.3 Å². The van der Waals surface area contributed by atoms with Gasteiger partial charge in [-0.1, -0.05) is 19.1 Å². The van der Waals surface area contributed by atoms with Crippen LogP contribution < -0.4 is 14.1 Å². The van der Waals surface area contributed by atoms with Crippen molar-refractivity contribution in [1.82, 2.24) is 5.09 Å². The van der Waals surface area contributed by atoms with E-state index in [0.717, 1.165) is 0 Å². The van der Waals surface area contributed by atoms with Crippen molar-refractivity contribution in [3.05, 3.63) is 24.3 Å². The zero-order valence-electron chi connectivity index (χ0n) is 7.19. The van der Waals surface area contributed by atoms with E-state index in [1.165, 1.54) is 0 Å². The minimum atomic E-state index is -3.10. The number of rotatable bonds is 2. The van der Waals surface area contributed by atoms with Crippen LogP contribution in [0, 0.1) is 0 Å². The third-order valence-electron chi connectivity index (χ3n) is 1.64. The highest BCUT2D eigenvalue weighted by Crippen LogP contribution is 2.54. The molecule has 0 unspecified atom stereocenters. The van der Waals surface area contributed by atoms with E-state index in [-0.39, 0.29) is 0 Å². The van der Waals surface area contributed by atoms with Gasteiger partial charge in [0, 0.05) is 6.54 Å². The van der Waals surface area contributed by atoms with Crippen LogP contribution in [0.2, 0.25) is 0 Å². The summed E-state index contributed by atoms with van der Waals surface area (Å²) in [6.07, 6.45) is 0. The molecule has 0 aliphatic carbocycles. The molecule has 5 heteroatoms. The Labute approximate surface area is 76.5 Å². The molecule has 1 heterocycles. The Bertz CT molecular complexity index is 337.